The molecule has 1 amide bonds. The molecule has 2 N–H and O–H groups in total. The molecule has 0 aliphatic heterocycles. The summed E-state index contributed by atoms with van der Waals surface area (Å²) >= 11 is 1.75. The summed E-state index contributed by atoms with van der Waals surface area (Å²) in [4.78, 5) is 19.2. The minimum Gasteiger partial charge on any atom is -0.356 e. The molecule has 0 spiro atoms. The highest BCUT2D eigenvalue weighted by molar-refractivity contribution is 7.09. The van der Waals surface area contributed by atoms with Crippen LogP contribution in [0.3, 0.4) is 0 Å². The zero-order valence-corrected chi connectivity index (χ0v) is 17.5. The summed E-state index contributed by atoms with van der Waals surface area (Å²) in [6.45, 7) is 5.99. The molecule has 0 saturated carbocycles. The Balaban J connectivity index is 1.91. The average Bonchev–Trinajstić information content (AvgIpc) is 3.14. The summed E-state index contributed by atoms with van der Waals surface area (Å²) in [6.07, 6.45) is 1.86. The molecule has 0 unspecified atom stereocenters. The van der Waals surface area contributed by atoms with E-state index in [1.807, 2.05) is 0 Å². The largest absolute Gasteiger partial charge is 0.356 e. The van der Waals surface area contributed by atoms with Gasteiger partial charge in [0.25, 0.3) is 0 Å². The summed E-state index contributed by atoms with van der Waals surface area (Å²) in [5.41, 5.74) is 3.99. The third-order valence-corrected chi connectivity index (χ3v) is 5.36. The van der Waals surface area contributed by atoms with E-state index in [0.717, 1.165) is 25.9 Å². The van der Waals surface area contributed by atoms with Crippen molar-refractivity contribution in [3.05, 3.63) is 57.3 Å². The van der Waals surface area contributed by atoms with E-state index in [-0.39, 0.29) is 12.5 Å². The van der Waals surface area contributed by atoms with E-state index in [9.17, 15) is 4.79 Å². The Labute approximate surface area is 166 Å². The number of aryl methyl sites for hydroxylation is 2. The monoisotopic (exact) mass is 386 g/mol. The van der Waals surface area contributed by atoms with Crippen LogP contribution in [0.1, 0.15) is 21.6 Å². The van der Waals surface area contributed by atoms with Gasteiger partial charge in [-0.2, -0.15) is 0 Å². The quantitative estimate of drug-likeness (QED) is 0.542. The zero-order valence-electron chi connectivity index (χ0n) is 16.7. The third-order valence-electron chi connectivity index (χ3n) is 4.43. The fourth-order valence-electron chi connectivity index (χ4n) is 2.77. The minimum absolute atomic E-state index is 0.0101. The number of benzene rings is 1. The van der Waals surface area contributed by atoms with Crippen molar-refractivity contribution in [3.63, 3.8) is 0 Å². The van der Waals surface area contributed by atoms with Crippen LogP contribution in [0.25, 0.3) is 0 Å². The first-order chi connectivity index (χ1) is 13.0. The molecule has 146 valence electrons. The number of amides is 1. The van der Waals surface area contributed by atoms with Crippen LogP contribution in [-0.2, 0) is 17.6 Å². The Morgan fingerprint density at radius 2 is 1.70 bits per heavy atom. The lowest BCUT2D eigenvalue weighted by Gasteiger charge is -2.15. The van der Waals surface area contributed by atoms with E-state index in [4.69, 9.17) is 0 Å². The van der Waals surface area contributed by atoms with Crippen molar-refractivity contribution < 1.29 is 4.79 Å². The number of nitrogens with one attached hydrogen (secondary N) is 2. The van der Waals surface area contributed by atoms with Crippen LogP contribution in [0.15, 0.2) is 40.7 Å². The van der Waals surface area contributed by atoms with Gasteiger partial charge in [0, 0.05) is 32.1 Å². The summed E-state index contributed by atoms with van der Waals surface area (Å²) in [5.74, 6) is 0.678. The van der Waals surface area contributed by atoms with Crippen molar-refractivity contribution in [2.75, 3.05) is 33.7 Å². The number of likely N-dealkylation sites (N-methyl/N-ethyl adjacent to an activating group) is 1. The van der Waals surface area contributed by atoms with Gasteiger partial charge >= 0.3 is 0 Å². The van der Waals surface area contributed by atoms with Crippen molar-refractivity contribution in [2.24, 2.45) is 4.99 Å². The molecule has 0 radical (unpaired) electrons. The number of hydrogen-bond acceptors (Lipinski definition) is 3. The Morgan fingerprint density at radius 3 is 2.30 bits per heavy atom. The highest BCUT2D eigenvalue weighted by atomic mass is 32.1. The van der Waals surface area contributed by atoms with Crippen LogP contribution in [0.5, 0.6) is 0 Å². The van der Waals surface area contributed by atoms with Crippen LogP contribution in [0, 0.1) is 13.8 Å². The molecule has 0 saturated heterocycles. The molecule has 5 nitrogen and oxygen atoms in total. The molecule has 6 heteroatoms. The van der Waals surface area contributed by atoms with Crippen molar-refractivity contribution in [1.82, 2.24) is 15.5 Å². The van der Waals surface area contributed by atoms with Gasteiger partial charge in [-0.3, -0.25) is 4.79 Å². The Kier molecular flexibility index (Phi) is 8.33. The highest BCUT2D eigenvalue weighted by Gasteiger charge is 2.06. The molecular weight excluding hydrogens is 356 g/mol. The van der Waals surface area contributed by atoms with Crippen LogP contribution in [-0.4, -0.2) is 50.5 Å². The van der Waals surface area contributed by atoms with E-state index in [1.165, 1.54) is 21.6 Å². The van der Waals surface area contributed by atoms with Crippen molar-refractivity contribution in [1.29, 1.82) is 0 Å². The summed E-state index contributed by atoms with van der Waals surface area (Å²) < 4.78 is 0. The molecule has 27 heavy (non-hydrogen) atoms. The van der Waals surface area contributed by atoms with Gasteiger partial charge in [0.05, 0.1) is 0 Å². The summed E-state index contributed by atoms with van der Waals surface area (Å²) in [7, 11) is 3.49. The lowest BCUT2D eigenvalue weighted by molar-refractivity contribution is -0.127. The normalized spacial score (nSPS) is 11.3. The van der Waals surface area contributed by atoms with Gasteiger partial charge in [0.2, 0.25) is 5.91 Å². The molecule has 0 aliphatic rings. The number of rotatable bonds is 8. The average molecular weight is 387 g/mol. The molecule has 1 heterocycles. The molecule has 0 bridgehead atoms. The van der Waals surface area contributed by atoms with Crippen LogP contribution in [0.2, 0.25) is 0 Å². The topological polar surface area (TPSA) is 56.7 Å². The molecule has 2 rings (SSSR count). The number of nitrogens with zero attached hydrogens (tertiary/aromatic N) is 2. The van der Waals surface area contributed by atoms with Crippen LogP contribution in [0.4, 0.5) is 0 Å². The lowest BCUT2D eigenvalue weighted by atomic mass is 10.0. The molecule has 2 aromatic rings. The lowest BCUT2D eigenvalue weighted by Crippen LogP contribution is -2.40. The standard InChI is InChI=1S/C21H30N4OS/c1-16-7-5-8-17(2)19(16)11-13-23-21(24-15-20(26)25(3)4)22-12-10-18-9-6-14-27-18/h5-9,14H,10-13,15H2,1-4H3,(H2,22,23,24). The molecule has 0 fully saturated rings. The van der Waals surface area contributed by atoms with Gasteiger partial charge in [-0.1, -0.05) is 24.3 Å². The fourth-order valence-corrected chi connectivity index (χ4v) is 3.48. The van der Waals surface area contributed by atoms with E-state index in [1.54, 1.807) is 30.3 Å². The second kappa shape index (κ2) is 10.7. The SMILES string of the molecule is Cc1cccc(C)c1CCNC(=NCC(=O)N(C)C)NCCc1cccs1. The van der Waals surface area contributed by atoms with E-state index in [2.05, 4.69) is 65.2 Å². The number of hydrogen-bond donors (Lipinski definition) is 2. The first-order valence-corrected chi connectivity index (χ1v) is 10.1. The first-order valence-electron chi connectivity index (χ1n) is 9.27. The molecule has 1 aromatic heterocycles. The predicted octanol–water partition coefficient (Wildman–Crippen LogP) is 2.77. The van der Waals surface area contributed by atoms with Crippen LogP contribution >= 0.6 is 11.3 Å². The third kappa shape index (κ3) is 7.06. The number of aliphatic imine (C=N–C) groups is 1. The smallest absolute Gasteiger partial charge is 0.243 e. The van der Waals surface area contributed by atoms with E-state index in [0.29, 0.717) is 5.96 Å². The predicted molar refractivity (Wildman–Crippen MR) is 115 cm³/mol. The number of carbonyl (C=O) groups excluding carboxylic acids is 1. The maximum atomic E-state index is 11.9. The molecule has 0 aliphatic carbocycles. The van der Waals surface area contributed by atoms with E-state index >= 15 is 0 Å². The van der Waals surface area contributed by atoms with Gasteiger partial charge in [-0.25, -0.2) is 4.99 Å². The maximum absolute atomic E-state index is 11.9. The Bertz CT molecular complexity index is 733. The van der Waals surface area contributed by atoms with E-state index < -0.39 is 0 Å². The molecule has 0 atom stereocenters. The van der Waals surface area contributed by atoms with Gasteiger partial charge < -0.3 is 15.5 Å². The Hall–Kier alpha value is -2.34. The molecular formula is C21H30N4OS. The number of carbonyl (C=O) groups is 1. The van der Waals surface area contributed by atoms with Gasteiger partial charge in [0.15, 0.2) is 5.96 Å². The van der Waals surface area contributed by atoms with Gasteiger partial charge in [-0.15, -0.1) is 11.3 Å². The number of thiophene rings is 1. The number of guanidine groups is 1. The fraction of sp³-hybridized carbons (Fsp3) is 0.429. The maximum Gasteiger partial charge on any atom is 0.243 e. The highest BCUT2D eigenvalue weighted by Crippen LogP contribution is 2.13. The van der Waals surface area contributed by atoms with Crippen molar-refractivity contribution in [2.45, 2.75) is 26.7 Å². The molecule has 1 aromatic carbocycles. The van der Waals surface area contributed by atoms with Crippen LogP contribution < -0.4 is 10.6 Å². The van der Waals surface area contributed by atoms with Gasteiger partial charge in [-0.05, 0) is 54.8 Å². The summed E-state index contributed by atoms with van der Waals surface area (Å²) in [5, 5.41) is 8.80. The van der Waals surface area contributed by atoms with Gasteiger partial charge in [0.1, 0.15) is 6.54 Å². The second-order valence-corrected chi connectivity index (χ2v) is 7.79. The Morgan fingerprint density at radius 1 is 1.04 bits per heavy atom. The summed E-state index contributed by atoms with van der Waals surface area (Å²) in [6, 6.07) is 10.6. The first kappa shape index (κ1) is 21.0. The van der Waals surface area contributed by atoms with Crippen molar-refractivity contribution in [3.8, 4) is 0 Å². The van der Waals surface area contributed by atoms with Crippen molar-refractivity contribution >= 4 is 23.2 Å². The minimum atomic E-state index is -0.0101. The second-order valence-electron chi connectivity index (χ2n) is 6.76. The zero-order chi connectivity index (χ0) is 19.6.